The van der Waals surface area contributed by atoms with Gasteiger partial charge in [-0.05, 0) is 42.5 Å². The van der Waals surface area contributed by atoms with Crippen molar-refractivity contribution in [2.45, 2.75) is 0 Å². The average Bonchev–Trinajstić information content (AvgIpc) is 2.90. The fraction of sp³-hybridized carbons (Fsp3) is 0.0667. The van der Waals surface area contributed by atoms with Crippen LogP contribution < -0.4 is 15.8 Å². The summed E-state index contributed by atoms with van der Waals surface area (Å²) >= 11 is 4.84. The molecule has 0 unspecified atom stereocenters. The second-order valence-electron chi connectivity index (χ2n) is 4.54. The van der Waals surface area contributed by atoms with Crippen LogP contribution in [0.3, 0.4) is 0 Å². The van der Waals surface area contributed by atoms with Crippen molar-refractivity contribution in [2.24, 2.45) is 5.73 Å². The number of nitrogens with two attached hydrogens (primary N) is 1. The summed E-state index contributed by atoms with van der Waals surface area (Å²) in [5, 5.41) is 3.14. The van der Waals surface area contributed by atoms with Gasteiger partial charge in [0.2, 0.25) is 0 Å². The van der Waals surface area contributed by atoms with Crippen LogP contribution in [-0.2, 0) is 0 Å². The van der Waals surface area contributed by atoms with Crippen molar-refractivity contribution in [2.75, 3.05) is 12.4 Å². The Morgan fingerprint density at radius 1 is 1.29 bits per heavy atom. The number of rotatable bonds is 3. The molecular formula is C15H14N4OS. The summed E-state index contributed by atoms with van der Waals surface area (Å²) in [4.78, 5) is 7.86. The van der Waals surface area contributed by atoms with Crippen molar-refractivity contribution in [1.29, 1.82) is 0 Å². The van der Waals surface area contributed by atoms with E-state index in [1.807, 2.05) is 42.5 Å². The molecule has 0 spiro atoms. The Bertz CT molecular complexity index is 812. The van der Waals surface area contributed by atoms with E-state index in [0.717, 1.165) is 33.9 Å². The molecule has 0 amide bonds. The maximum absolute atomic E-state index is 5.48. The van der Waals surface area contributed by atoms with Crippen LogP contribution in [0.5, 0.6) is 5.75 Å². The number of nitrogens with one attached hydrogen (secondary N) is 2. The highest BCUT2D eigenvalue weighted by molar-refractivity contribution is 7.80. The molecule has 0 aliphatic rings. The number of nitrogens with zero attached hydrogens (tertiary/aromatic N) is 1. The summed E-state index contributed by atoms with van der Waals surface area (Å²) in [6, 6.07) is 13.5. The van der Waals surface area contributed by atoms with Gasteiger partial charge in [0.1, 0.15) is 11.6 Å². The van der Waals surface area contributed by atoms with Gasteiger partial charge in [-0.1, -0.05) is 12.1 Å². The molecule has 2 aromatic carbocycles. The molecule has 3 rings (SSSR count). The van der Waals surface area contributed by atoms with Crippen molar-refractivity contribution >= 4 is 34.1 Å². The Morgan fingerprint density at radius 3 is 2.90 bits per heavy atom. The van der Waals surface area contributed by atoms with Crippen LogP contribution in [-0.4, -0.2) is 22.2 Å². The standard InChI is InChI=1S/C15H14N4OS/c1-20-11-4-2-3-9(7-11)14-18-12-6-5-10(17-15(16)21)8-13(12)19-14/h2-8H,1H3,(H,18,19)(H3,16,17,21). The van der Waals surface area contributed by atoms with Gasteiger partial charge in [0.05, 0.1) is 18.1 Å². The number of fused-ring (bicyclic) bond motifs is 1. The van der Waals surface area contributed by atoms with Crippen LogP contribution >= 0.6 is 12.2 Å². The quantitative estimate of drug-likeness (QED) is 0.648. The van der Waals surface area contributed by atoms with E-state index >= 15 is 0 Å². The highest BCUT2D eigenvalue weighted by Crippen LogP contribution is 2.25. The molecule has 21 heavy (non-hydrogen) atoms. The third-order valence-corrected chi connectivity index (χ3v) is 3.19. The number of benzene rings is 2. The highest BCUT2D eigenvalue weighted by atomic mass is 32.1. The maximum atomic E-state index is 5.48. The van der Waals surface area contributed by atoms with E-state index < -0.39 is 0 Å². The first-order valence-electron chi connectivity index (χ1n) is 6.36. The number of aromatic amines is 1. The zero-order valence-corrected chi connectivity index (χ0v) is 12.2. The minimum Gasteiger partial charge on any atom is -0.497 e. The molecule has 0 radical (unpaired) electrons. The van der Waals surface area contributed by atoms with Gasteiger partial charge in [-0.2, -0.15) is 0 Å². The minimum absolute atomic E-state index is 0.238. The fourth-order valence-corrected chi connectivity index (χ4v) is 2.25. The Labute approximate surface area is 127 Å². The topological polar surface area (TPSA) is 76.0 Å². The number of aromatic nitrogens is 2. The molecule has 4 N–H and O–H groups in total. The lowest BCUT2D eigenvalue weighted by Gasteiger charge is -2.02. The van der Waals surface area contributed by atoms with Crippen molar-refractivity contribution in [3.63, 3.8) is 0 Å². The Kier molecular flexibility index (Phi) is 3.45. The Balaban J connectivity index is 2.02. The molecule has 0 saturated heterocycles. The molecule has 0 fully saturated rings. The first-order chi connectivity index (χ1) is 10.2. The van der Waals surface area contributed by atoms with Crippen molar-refractivity contribution in [3.05, 3.63) is 42.5 Å². The van der Waals surface area contributed by atoms with Gasteiger partial charge in [0.15, 0.2) is 5.11 Å². The van der Waals surface area contributed by atoms with Gasteiger partial charge >= 0.3 is 0 Å². The van der Waals surface area contributed by atoms with Gasteiger partial charge in [0, 0.05) is 11.3 Å². The molecule has 3 aromatic rings. The van der Waals surface area contributed by atoms with Crippen LogP contribution in [0.15, 0.2) is 42.5 Å². The number of thiocarbonyl (C=S) groups is 1. The second kappa shape index (κ2) is 5.41. The van der Waals surface area contributed by atoms with E-state index in [2.05, 4.69) is 15.3 Å². The Morgan fingerprint density at radius 2 is 2.14 bits per heavy atom. The van der Waals surface area contributed by atoms with Gasteiger partial charge in [-0.3, -0.25) is 0 Å². The predicted octanol–water partition coefficient (Wildman–Crippen LogP) is 2.89. The number of methoxy groups -OCH3 is 1. The van der Waals surface area contributed by atoms with Crippen molar-refractivity contribution in [1.82, 2.24) is 9.97 Å². The van der Waals surface area contributed by atoms with E-state index in [0.29, 0.717) is 0 Å². The van der Waals surface area contributed by atoms with Crippen LogP contribution in [0.25, 0.3) is 22.4 Å². The maximum Gasteiger partial charge on any atom is 0.168 e. The van der Waals surface area contributed by atoms with Crippen LogP contribution in [0.2, 0.25) is 0 Å². The summed E-state index contributed by atoms with van der Waals surface area (Å²) < 4.78 is 5.23. The van der Waals surface area contributed by atoms with Gasteiger partial charge in [-0.15, -0.1) is 0 Å². The molecule has 0 aliphatic heterocycles. The lowest BCUT2D eigenvalue weighted by molar-refractivity contribution is 0.415. The van der Waals surface area contributed by atoms with E-state index in [1.165, 1.54) is 0 Å². The van der Waals surface area contributed by atoms with Crippen molar-refractivity contribution in [3.8, 4) is 17.1 Å². The normalized spacial score (nSPS) is 10.5. The molecule has 6 heteroatoms. The van der Waals surface area contributed by atoms with Crippen molar-refractivity contribution < 1.29 is 4.74 Å². The summed E-state index contributed by atoms with van der Waals surface area (Å²) in [6.45, 7) is 0. The van der Waals surface area contributed by atoms with E-state index in [-0.39, 0.29) is 5.11 Å². The van der Waals surface area contributed by atoms with Crippen LogP contribution in [0.4, 0.5) is 5.69 Å². The van der Waals surface area contributed by atoms with Gasteiger partial charge in [-0.25, -0.2) is 4.98 Å². The molecule has 0 atom stereocenters. The average molecular weight is 298 g/mol. The molecule has 1 heterocycles. The summed E-state index contributed by atoms with van der Waals surface area (Å²) in [7, 11) is 1.64. The lowest BCUT2D eigenvalue weighted by atomic mass is 10.2. The summed E-state index contributed by atoms with van der Waals surface area (Å²) in [6.07, 6.45) is 0. The largest absolute Gasteiger partial charge is 0.497 e. The van der Waals surface area contributed by atoms with Gasteiger partial charge in [0.25, 0.3) is 0 Å². The fourth-order valence-electron chi connectivity index (χ4n) is 2.14. The predicted molar refractivity (Wildman–Crippen MR) is 88.5 cm³/mol. The minimum atomic E-state index is 0.238. The molecule has 0 aliphatic carbocycles. The van der Waals surface area contributed by atoms with Crippen LogP contribution in [0.1, 0.15) is 0 Å². The first-order valence-corrected chi connectivity index (χ1v) is 6.77. The highest BCUT2D eigenvalue weighted by Gasteiger charge is 2.07. The third-order valence-electron chi connectivity index (χ3n) is 3.09. The lowest BCUT2D eigenvalue weighted by Crippen LogP contribution is -2.18. The number of imidazole rings is 1. The van der Waals surface area contributed by atoms with Gasteiger partial charge < -0.3 is 20.8 Å². The molecule has 5 nitrogen and oxygen atoms in total. The zero-order chi connectivity index (χ0) is 14.8. The second-order valence-corrected chi connectivity index (χ2v) is 4.98. The number of ether oxygens (including phenoxy) is 1. The van der Waals surface area contributed by atoms with E-state index in [1.54, 1.807) is 7.11 Å². The molecule has 1 aromatic heterocycles. The van der Waals surface area contributed by atoms with E-state index in [4.69, 9.17) is 22.7 Å². The monoisotopic (exact) mass is 298 g/mol. The molecule has 0 bridgehead atoms. The Hall–Kier alpha value is -2.60. The van der Waals surface area contributed by atoms with E-state index in [9.17, 15) is 0 Å². The number of hydrogen-bond acceptors (Lipinski definition) is 3. The summed E-state index contributed by atoms with van der Waals surface area (Å²) in [5.74, 6) is 1.58. The molecule has 106 valence electrons. The first kappa shape index (κ1) is 13.4. The summed E-state index contributed by atoms with van der Waals surface area (Å²) in [5.41, 5.74) is 9.06. The number of H-pyrrole nitrogens is 1. The SMILES string of the molecule is COc1cccc(-c2nc3ccc(NC(N)=S)cc3[nH]2)c1. The smallest absolute Gasteiger partial charge is 0.168 e. The third kappa shape index (κ3) is 2.80. The number of hydrogen-bond donors (Lipinski definition) is 3. The molecular weight excluding hydrogens is 284 g/mol. The molecule has 0 saturated carbocycles. The van der Waals surface area contributed by atoms with Crippen LogP contribution in [0, 0.1) is 0 Å². The number of anilines is 1. The zero-order valence-electron chi connectivity index (χ0n) is 11.4.